The Labute approximate surface area is 159 Å². The Morgan fingerprint density at radius 3 is 2.96 bits per heavy atom. The van der Waals surface area contributed by atoms with Gasteiger partial charge in [0.15, 0.2) is 11.5 Å². The molecule has 8 nitrogen and oxygen atoms in total. The van der Waals surface area contributed by atoms with E-state index in [1.54, 1.807) is 4.90 Å². The number of carbonyl (C=O) groups is 2. The van der Waals surface area contributed by atoms with E-state index in [4.69, 9.17) is 14.2 Å². The van der Waals surface area contributed by atoms with Crippen LogP contribution in [0.1, 0.15) is 16.1 Å². The lowest BCUT2D eigenvalue weighted by atomic mass is 9.88. The molecular formula is C18H18N2O6S. The number of hydrogen-bond acceptors (Lipinski definition) is 7. The van der Waals surface area contributed by atoms with E-state index in [1.807, 2.05) is 18.2 Å². The zero-order valence-corrected chi connectivity index (χ0v) is 15.5. The summed E-state index contributed by atoms with van der Waals surface area (Å²) < 4.78 is 15.7. The second kappa shape index (κ2) is 6.82. The molecule has 1 aromatic carbocycles. The van der Waals surface area contributed by atoms with E-state index in [-0.39, 0.29) is 25.9 Å². The van der Waals surface area contributed by atoms with E-state index in [9.17, 15) is 14.7 Å². The highest BCUT2D eigenvalue weighted by Crippen LogP contribution is 2.38. The van der Waals surface area contributed by atoms with Crippen molar-refractivity contribution in [3.63, 3.8) is 0 Å². The number of benzene rings is 1. The van der Waals surface area contributed by atoms with Crippen LogP contribution in [0.3, 0.4) is 0 Å². The lowest BCUT2D eigenvalue weighted by Gasteiger charge is -2.23. The van der Waals surface area contributed by atoms with Gasteiger partial charge in [-0.25, -0.2) is 4.98 Å². The van der Waals surface area contributed by atoms with Crippen LogP contribution in [0.15, 0.2) is 24.4 Å². The molecule has 1 N–H and O–H groups in total. The average Bonchev–Trinajstić information content (AvgIpc) is 3.40. The van der Waals surface area contributed by atoms with Crippen molar-refractivity contribution >= 4 is 23.2 Å². The van der Waals surface area contributed by atoms with Gasteiger partial charge in [-0.3, -0.25) is 9.59 Å². The highest BCUT2D eigenvalue weighted by atomic mass is 32.1. The molecule has 0 aliphatic carbocycles. The summed E-state index contributed by atoms with van der Waals surface area (Å²) in [6.07, 6.45) is 1.90. The Balaban J connectivity index is 1.52. The van der Waals surface area contributed by atoms with Crippen molar-refractivity contribution in [1.29, 1.82) is 0 Å². The first kappa shape index (κ1) is 17.7. The van der Waals surface area contributed by atoms with Gasteiger partial charge < -0.3 is 24.2 Å². The zero-order chi connectivity index (χ0) is 19.0. The molecule has 142 valence electrons. The Kier molecular flexibility index (Phi) is 4.48. The number of thiazole rings is 1. The molecule has 1 atom stereocenters. The maximum atomic E-state index is 12.8. The number of aromatic nitrogens is 1. The van der Waals surface area contributed by atoms with Gasteiger partial charge in [0.25, 0.3) is 5.91 Å². The highest BCUT2D eigenvalue weighted by Gasteiger charge is 2.46. The summed E-state index contributed by atoms with van der Waals surface area (Å²) in [6, 6.07) is 5.51. The zero-order valence-electron chi connectivity index (χ0n) is 14.6. The van der Waals surface area contributed by atoms with Crippen LogP contribution in [-0.2, 0) is 9.53 Å². The minimum Gasteiger partial charge on any atom is -0.481 e. The molecule has 3 heterocycles. The first-order valence-corrected chi connectivity index (χ1v) is 9.21. The fourth-order valence-electron chi connectivity index (χ4n) is 3.37. The lowest BCUT2D eigenvalue weighted by molar-refractivity contribution is -0.151. The molecule has 0 radical (unpaired) electrons. The molecular weight excluding hydrogens is 372 g/mol. The number of aliphatic carboxylic acids is 1. The van der Waals surface area contributed by atoms with Gasteiger partial charge in [0.1, 0.15) is 15.3 Å². The predicted molar refractivity (Wildman–Crippen MR) is 96.1 cm³/mol. The van der Waals surface area contributed by atoms with Gasteiger partial charge in [-0.1, -0.05) is 0 Å². The summed E-state index contributed by atoms with van der Waals surface area (Å²) in [5.41, 5.74) is -0.209. The minimum absolute atomic E-state index is 0.0806. The van der Waals surface area contributed by atoms with Crippen LogP contribution in [-0.4, -0.2) is 60.5 Å². The summed E-state index contributed by atoms with van der Waals surface area (Å²) in [5.74, 6) is 0.191. The summed E-state index contributed by atoms with van der Waals surface area (Å²) in [5, 5.41) is 10.2. The number of amides is 1. The third kappa shape index (κ3) is 3.13. The molecule has 1 fully saturated rings. The lowest BCUT2D eigenvalue weighted by Crippen LogP contribution is -2.40. The summed E-state index contributed by atoms with van der Waals surface area (Å²) in [4.78, 5) is 30.8. The SMILES string of the molecule is COCC1(C(=O)O)CCN(C(=O)c2cnc(-c3ccc4c(c3)OCO4)s2)C1. The minimum atomic E-state index is -1.05. The summed E-state index contributed by atoms with van der Waals surface area (Å²) in [7, 11) is 1.47. The van der Waals surface area contributed by atoms with Gasteiger partial charge >= 0.3 is 5.97 Å². The van der Waals surface area contributed by atoms with Crippen LogP contribution in [0.2, 0.25) is 0 Å². The highest BCUT2D eigenvalue weighted by molar-refractivity contribution is 7.16. The molecule has 1 saturated heterocycles. The Hall–Kier alpha value is -2.65. The third-order valence-corrected chi connectivity index (χ3v) is 5.89. The predicted octanol–water partition coefficient (Wildman–Crippen LogP) is 2.10. The van der Waals surface area contributed by atoms with Crippen LogP contribution in [0.5, 0.6) is 11.5 Å². The van der Waals surface area contributed by atoms with E-state index >= 15 is 0 Å². The van der Waals surface area contributed by atoms with E-state index in [0.717, 1.165) is 5.56 Å². The first-order chi connectivity index (χ1) is 13.0. The molecule has 0 saturated carbocycles. The van der Waals surface area contributed by atoms with Crippen molar-refractivity contribution in [3.8, 4) is 22.1 Å². The number of likely N-dealkylation sites (tertiary alicyclic amines) is 1. The number of rotatable bonds is 5. The fraction of sp³-hybridized carbons (Fsp3) is 0.389. The van der Waals surface area contributed by atoms with E-state index in [2.05, 4.69) is 4.98 Å². The van der Waals surface area contributed by atoms with Gasteiger partial charge in [-0.2, -0.15) is 0 Å². The number of carbonyl (C=O) groups excluding carboxylic acids is 1. The molecule has 0 spiro atoms. The second-order valence-electron chi connectivity index (χ2n) is 6.59. The molecule has 2 aliphatic heterocycles. The molecule has 27 heavy (non-hydrogen) atoms. The molecule has 9 heteroatoms. The molecule has 2 aliphatic rings. The van der Waals surface area contributed by atoms with Gasteiger partial charge in [-0.15, -0.1) is 11.3 Å². The number of nitrogens with zero attached hydrogens (tertiary/aromatic N) is 2. The third-order valence-electron chi connectivity index (χ3n) is 4.85. The average molecular weight is 390 g/mol. The monoisotopic (exact) mass is 390 g/mol. The molecule has 4 rings (SSSR count). The Morgan fingerprint density at radius 1 is 1.37 bits per heavy atom. The van der Waals surface area contributed by atoms with E-state index < -0.39 is 11.4 Å². The molecule has 2 aromatic rings. The largest absolute Gasteiger partial charge is 0.481 e. The number of hydrogen-bond donors (Lipinski definition) is 1. The van der Waals surface area contributed by atoms with Crippen molar-refractivity contribution in [2.75, 3.05) is 33.6 Å². The van der Waals surface area contributed by atoms with Gasteiger partial charge in [-0.05, 0) is 24.6 Å². The topological polar surface area (TPSA) is 98.2 Å². The normalized spacial score (nSPS) is 20.9. The van der Waals surface area contributed by atoms with Crippen molar-refractivity contribution in [1.82, 2.24) is 9.88 Å². The number of carboxylic acid groups (broad SMARTS) is 1. The Morgan fingerprint density at radius 2 is 2.19 bits per heavy atom. The second-order valence-corrected chi connectivity index (χ2v) is 7.62. The number of ether oxygens (including phenoxy) is 3. The van der Waals surface area contributed by atoms with E-state index in [0.29, 0.717) is 34.3 Å². The van der Waals surface area contributed by atoms with Crippen molar-refractivity contribution in [2.24, 2.45) is 5.41 Å². The van der Waals surface area contributed by atoms with Crippen LogP contribution in [0.25, 0.3) is 10.6 Å². The van der Waals surface area contributed by atoms with Crippen molar-refractivity contribution in [3.05, 3.63) is 29.3 Å². The number of carboxylic acids is 1. The van der Waals surface area contributed by atoms with Crippen molar-refractivity contribution in [2.45, 2.75) is 6.42 Å². The standard InChI is InChI=1S/C18H18N2O6S/c1-24-9-18(17(22)23)4-5-20(8-18)16(21)14-7-19-15(27-14)11-2-3-12-13(6-11)26-10-25-12/h2-3,6-7H,4-5,8-10H2,1H3,(H,22,23). The maximum Gasteiger partial charge on any atom is 0.313 e. The molecule has 1 aromatic heterocycles. The van der Waals surface area contributed by atoms with Crippen LogP contribution < -0.4 is 9.47 Å². The molecule has 1 amide bonds. The number of methoxy groups -OCH3 is 1. The summed E-state index contributed by atoms with van der Waals surface area (Å²) in [6.45, 7) is 0.789. The fourth-order valence-corrected chi connectivity index (χ4v) is 4.25. The summed E-state index contributed by atoms with van der Waals surface area (Å²) >= 11 is 1.27. The maximum absolute atomic E-state index is 12.8. The van der Waals surface area contributed by atoms with Gasteiger partial charge in [0, 0.05) is 25.8 Å². The molecule has 1 unspecified atom stereocenters. The molecule has 0 bridgehead atoms. The van der Waals surface area contributed by atoms with Crippen LogP contribution in [0.4, 0.5) is 0 Å². The first-order valence-electron chi connectivity index (χ1n) is 8.40. The number of fused-ring (bicyclic) bond motifs is 1. The van der Waals surface area contributed by atoms with E-state index in [1.165, 1.54) is 24.6 Å². The smallest absolute Gasteiger partial charge is 0.313 e. The van der Waals surface area contributed by atoms with Crippen LogP contribution >= 0.6 is 11.3 Å². The van der Waals surface area contributed by atoms with Crippen molar-refractivity contribution < 1.29 is 28.9 Å². The quantitative estimate of drug-likeness (QED) is 0.835. The van der Waals surface area contributed by atoms with Gasteiger partial charge in [0.05, 0.1) is 12.8 Å². The van der Waals surface area contributed by atoms with Crippen LogP contribution in [0, 0.1) is 5.41 Å². The van der Waals surface area contributed by atoms with Gasteiger partial charge in [0.2, 0.25) is 6.79 Å². The Bertz CT molecular complexity index is 898.